The number of anilines is 1. The van der Waals surface area contributed by atoms with Crippen LogP contribution in [0.15, 0.2) is 112 Å². The van der Waals surface area contributed by atoms with Crippen LogP contribution < -0.4 is 4.90 Å². The topological polar surface area (TPSA) is 98.0 Å². The molecule has 3 heterocycles. The van der Waals surface area contributed by atoms with Crippen LogP contribution in [0.4, 0.5) is 5.69 Å². The van der Waals surface area contributed by atoms with Gasteiger partial charge in [0.1, 0.15) is 6.54 Å². The molecule has 9 nitrogen and oxygen atoms in total. The van der Waals surface area contributed by atoms with Crippen molar-refractivity contribution in [1.29, 1.82) is 0 Å². The SMILES string of the molecule is Cc1ccc(/C=C2\CCC[C@@H]3C2=NN(C(=O)CN2N=N[C@@H]4C(=O)N(c5cccc6ccccc56)C(=O)[C@H]42)[C@@H]3c2ccc(C)cc2)cc1. The van der Waals surface area contributed by atoms with Gasteiger partial charge in [0.15, 0.2) is 12.1 Å². The van der Waals surface area contributed by atoms with Gasteiger partial charge in [0.25, 0.3) is 17.7 Å². The Hall–Kier alpha value is -5.44. The Morgan fingerprint density at radius 1 is 0.851 bits per heavy atom. The molecule has 0 N–H and O–H groups in total. The Labute approximate surface area is 272 Å². The van der Waals surface area contributed by atoms with E-state index in [2.05, 4.69) is 71.9 Å². The fourth-order valence-corrected chi connectivity index (χ4v) is 7.37. The van der Waals surface area contributed by atoms with E-state index in [1.165, 1.54) is 15.5 Å². The summed E-state index contributed by atoms with van der Waals surface area (Å²) in [5, 5.41) is 18.1. The molecule has 2 fully saturated rings. The van der Waals surface area contributed by atoms with Crippen LogP contribution in [-0.4, -0.2) is 52.1 Å². The molecule has 0 unspecified atom stereocenters. The molecular weight excluding hydrogens is 588 g/mol. The van der Waals surface area contributed by atoms with Crippen molar-refractivity contribution < 1.29 is 14.4 Å². The Morgan fingerprint density at radius 2 is 1.57 bits per heavy atom. The van der Waals surface area contributed by atoms with Crippen LogP contribution in [0, 0.1) is 19.8 Å². The van der Waals surface area contributed by atoms with Crippen molar-refractivity contribution in [3.8, 4) is 0 Å². The molecule has 0 radical (unpaired) electrons. The van der Waals surface area contributed by atoms with Gasteiger partial charge in [-0.25, -0.2) is 9.91 Å². The predicted octanol–water partition coefficient (Wildman–Crippen LogP) is 6.57. The lowest BCUT2D eigenvalue weighted by Gasteiger charge is -2.30. The zero-order valence-electron chi connectivity index (χ0n) is 26.3. The number of fused-ring (bicyclic) bond motifs is 3. The fourth-order valence-electron chi connectivity index (χ4n) is 7.37. The number of hydrogen-bond acceptors (Lipinski definition) is 7. The van der Waals surface area contributed by atoms with E-state index < -0.39 is 23.9 Å². The minimum Gasteiger partial charge on any atom is -0.271 e. The molecule has 3 aliphatic heterocycles. The summed E-state index contributed by atoms with van der Waals surface area (Å²) in [6.45, 7) is 3.89. The molecule has 0 spiro atoms. The monoisotopic (exact) mass is 622 g/mol. The van der Waals surface area contributed by atoms with Gasteiger partial charge in [0.2, 0.25) is 0 Å². The number of imide groups is 1. The van der Waals surface area contributed by atoms with Crippen LogP contribution in [0.2, 0.25) is 0 Å². The minimum atomic E-state index is -1.00. The van der Waals surface area contributed by atoms with Crippen molar-refractivity contribution in [2.45, 2.75) is 51.2 Å². The number of carbonyl (C=O) groups excluding carboxylic acids is 3. The van der Waals surface area contributed by atoms with Gasteiger partial charge >= 0.3 is 0 Å². The summed E-state index contributed by atoms with van der Waals surface area (Å²) in [6.07, 6.45) is 4.98. The Kier molecular flexibility index (Phi) is 7.04. The molecule has 4 aliphatic rings. The third-order valence-corrected chi connectivity index (χ3v) is 9.76. The average Bonchev–Trinajstić information content (AvgIpc) is 3.75. The highest BCUT2D eigenvalue weighted by atomic mass is 16.2. The standard InChI is InChI=1S/C38H34N6O3/c1-23-13-17-25(18-14-23)21-28-9-5-11-30-33(28)40-44(35(30)27-19-15-24(2)16-20-27)32(45)22-42-36-34(39-41-42)37(46)43(38(36)47)31-12-6-8-26-7-3-4-10-29(26)31/h3-4,6-8,10,12-21,30,34-36H,5,9,11,22H2,1-2H3/b28-21+/t30-,34+,35-,36+/m1/s1. The summed E-state index contributed by atoms with van der Waals surface area (Å²) in [4.78, 5) is 42.9. The third-order valence-electron chi connectivity index (χ3n) is 9.76. The molecule has 4 aromatic rings. The number of allylic oxidation sites excluding steroid dienone is 1. The molecule has 1 saturated carbocycles. The maximum absolute atomic E-state index is 14.2. The van der Waals surface area contributed by atoms with E-state index in [-0.39, 0.29) is 24.4 Å². The molecule has 0 bridgehead atoms. The molecule has 1 saturated heterocycles. The zero-order chi connectivity index (χ0) is 32.2. The van der Waals surface area contributed by atoms with Gasteiger partial charge in [0.05, 0.1) is 17.4 Å². The number of nitrogens with zero attached hydrogens (tertiary/aromatic N) is 6. The van der Waals surface area contributed by atoms with Gasteiger partial charge in [-0.05, 0) is 67.3 Å². The molecule has 4 aromatic carbocycles. The van der Waals surface area contributed by atoms with Crippen molar-refractivity contribution in [2.75, 3.05) is 11.4 Å². The van der Waals surface area contributed by atoms with Crippen LogP contribution in [0.3, 0.4) is 0 Å². The molecule has 9 heteroatoms. The van der Waals surface area contributed by atoms with E-state index in [9.17, 15) is 14.4 Å². The number of hydrogen-bond donors (Lipinski definition) is 0. The first-order valence-electron chi connectivity index (χ1n) is 16.1. The van der Waals surface area contributed by atoms with Crippen molar-refractivity contribution in [2.24, 2.45) is 21.4 Å². The van der Waals surface area contributed by atoms with Gasteiger partial charge < -0.3 is 0 Å². The molecule has 47 heavy (non-hydrogen) atoms. The van der Waals surface area contributed by atoms with Crippen molar-refractivity contribution >= 4 is 46.0 Å². The van der Waals surface area contributed by atoms with Crippen LogP contribution in [0.1, 0.15) is 47.6 Å². The highest BCUT2D eigenvalue weighted by Crippen LogP contribution is 2.45. The van der Waals surface area contributed by atoms with E-state index in [4.69, 9.17) is 5.10 Å². The lowest BCUT2D eigenvalue weighted by atomic mass is 9.77. The highest BCUT2D eigenvalue weighted by Gasteiger charge is 2.56. The van der Waals surface area contributed by atoms with Crippen molar-refractivity contribution in [1.82, 2.24) is 10.0 Å². The molecule has 234 valence electrons. The first kappa shape index (κ1) is 29.0. The highest BCUT2D eigenvalue weighted by molar-refractivity contribution is 6.27. The van der Waals surface area contributed by atoms with E-state index in [0.29, 0.717) is 5.69 Å². The number of benzene rings is 4. The normalized spacial score (nSPS) is 24.3. The smallest absolute Gasteiger partial charge is 0.264 e. The number of aryl methyl sites for hydroxylation is 2. The van der Waals surface area contributed by atoms with Crippen molar-refractivity contribution in [3.05, 3.63) is 119 Å². The Bertz CT molecular complexity index is 2010. The molecule has 8 rings (SSSR count). The maximum Gasteiger partial charge on any atom is 0.264 e. The fraction of sp³-hybridized carbons (Fsp3) is 0.263. The van der Waals surface area contributed by atoms with Crippen LogP contribution in [0.25, 0.3) is 16.8 Å². The summed E-state index contributed by atoms with van der Waals surface area (Å²) < 4.78 is 0. The number of rotatable bonds is 5. The number of hydrazone groups is 1. The molecule has 4 atom stereocenters. The largest absolute Gasteiger partial charge is 0.271 e. The quantitative estimate of drug-likeness (QED) is 0.235. The van der Waals surface area contributed by atoms with Crippen LogP contribution in [0.5, 0.6) is 0 Å². The van der Waals surface area contributed by atoms with E-state index in [0.717, 1.165) is 58.0 Å². The predicted molar refractivity (Wildman–Crippen MR) is 180 cm³/mol. The first-order chi connectivity index (χ1) is 22.9. The van der Waals surface area contributed by atoms with Gasteiger partial charge in [-0.2, -0.15) is 10.2 Å². The van der Waals surface area contributed by atoms with Gasteiger partial charge in [-0.3, -0.25) is 19.4 Å². The second-order valence-corrected chi connectivity index (χ2v) is 12.9. The lowest BCUT2D eigenvalue weighted by Crippen LogP contribution is -2.45. The number of amides is 3. The second kappa shape index (κ2) is 11.4. The molecule has 1 aliphatic carbocycles. The molecule has 0 aromatic heterocycles. The van der Waals surface area contributed by atoms with Gasteiger partial charge in [-0.15, -0.1) is 0 Å². The zero-order valence-corrected chi connectivity index (χ0v) is 26.3. The first-order valence-corrected chi connectivity index (χ1v) is 16.1. The summed E-state index contributed by atoms with van der Waals surface area (Å²) in [5.41, 5.74) is 7.04. The summed E-state index contributed by atoms with van der Waals surface area (Å²) >= 11 is 0. The van der Waals surface area contributed by atoms with E-state index >= 15 is 0 Å². The molecule has 3 amide bonds. The van der Waals surface area contributed by atoms with E-state index in [1.54, 1.807) is 11.1 Å². The van der Waals surface area contributed by atoms with Gasteiger partial charge in [0, 0.05) is 11.3 Å². The minimum absolute atomic E-state index is 0.0385. The van der Waals surface area contributed by atoms with Crippen LogP contribution in [-0.2, 0) is 14.4 Å². The third kappa shape index (κ3) is 4.93. The van der Waals surface area contributed by atoms with E-state index in [1.807, 2.05) is 43.3 Å². The second-order valence-electron chi connectivity index (χ2n) is 12.9. The lowest BCUT2D eigenvalue weighted by molar-refractivity contribution is -0.136. The van der Waals surface area contributed by atoms with Crippen LogP contribution >= 0.6 is 0 Å². The van der Waals surface area contributed by atoms with Gasteiger partial charge in [-0.1, -0.05) is 101 Å². The maximum atomic E-state index is 14.2. The summed E-state index contributed by atoms with van der Waals surface area (Å²) in [5.74, 6) is -1.13. The Balaban J connectivity index is 1.10. The average molecular weight is 623 g/mol. The Morgan fingerprint density at radius 3 is 2.36 bits per heavy atom. The van der Waals surface area contributed by atoms with Crippen molar-refractivity contribution in [3.63, 3.8) is 0 Å². The summed E-state index contributed by atoms with van der Waals surface area (Å²) in [6, 6.07) is 27.6. The summed E-state index contributed by atoms with van der Waals surface area (Å²) in [7, 11) is 0. The molecular formula is C38H34N6O3. The number of carbonyl (C=O) groups is 3.